The van der Waals surface area contributed by atoms with Gasteiger partial charge in [0.25, 0.3) is 0 Å². The van der Waals surface area contributed by atoms with Crippen molar-refractivity contribution in [3.8, 4) is 5.75 Å². The van der Waals surface area contributed by atoms with Gasteiger partial charge in [-0.25, -0.2) is 0 Å². The second-order valence-electron chi connectivity index (χ2n) is 5.12. The molecule has 0 aromatic heterocycles. The van der Waals surface area contributed by atoms with Crippen LogP contribution in [0, 0.1) is 18.8 Å². The lowest BCUT2D eigenvalue weighted by molar-refractivity contribution is -0.142. The number of aryl methyl sites for hydroxylation is 2. The van der Waals surface area contributed by atoms with Crippen LogP contribution in [0.15, 0.2) is 12.1 Å². The van der Waals surface area contributed by atoms with Crippen LogP contribution in [0.1, 0.15) is 34.8 Å². The van der Waals surface area contributed by atoms with E-state index in [-0.39, 0.29) is 5.78 Å². The van der Waals surface area contributed by atoms with E-state index < -0.39 is 17.8 Å². The van der Waals surface area contributed by atoms with Crippen LogP contribution >= 0.6 is 0 Å². The summed E-state index contributed by atoms with van der Waals surface area (Å²) in [6.45, 7) is 3.54. The molecule has 0 fully saturated rings. The average molecular weight is 262 g/mol. The van der Waals surface area contributed by atoms with Gasteiger partial charge in [0.15, 0.2) is 5.78 Å². The Morgan fingerprint density at radius 2 is 2.16 bits per heavy atom. The van der Waals surface area contributed by atoms with Gasteiger partial charge in [0, 0.05) is 11.5 Å². The number of hydrogen-bond acceptors (Lipinski definition) is 3. The molecule has 4 nitrogen and oxygen atoms in total. The number of Topliss-reactive ketones (excluding diaryl/α,β-unsaturated/α-hetero) is 1. The molecule has 0 heterocycles. The van der Waals surface area contributed by atoms with Crippen LogP contribution in [-0.4, -0.2) is 24.0 Å². The van der Waals surface area contributed by atoms with Crippen LogP contribution in [0.5, 0.6) is 5.75 Å². The maximum absolute atomic E-state index is 12.4. The summed E-state index contributed by atoms with van der Waals surface area (Å²) in [4.78, 5) is 23.5. The summed E-state index contributed by atoms with van der Waals surface area (Å²) >= 11 is 0. The average Bonchev–Trinajstić information content (AvgIpc) is 2.37. The van der Waals surface area contributed by atoms with Crippen LogP contribution in [0.2, 0.25) is 0 Å². The summed E-state index contributed by atoms with van der Waals surface area (Å²) in [5.41, 5.74) is 2.61. The largest absolute Gasteiger partial charge is 0.496 e. The van der Waals surface area contributed by atoms with Crippen LogP contribution in [0.4, 0.5) is 0 Å². The molecule has 0 saturated heterocycles. The first kappa shape index (κ1) is 13.6. The third-order valence-corrected chi connectivity index (χ3v) is 3.94. The first-order valence-corrected chi connectivity index (χ1v) is 6.40. The van der Waals surface area contributed by atoms with Crippen molar-refractivity contribution in [2.75, 3.05) is 7.11 Å². The molecular weight excluding hydrogens is 244 g/mol. The zero-order valence-electron chi connectivity index (χ0n) is 11.4. The SMILES string of the molecule is COc1cc2c(cc1C)CCC(C(C)C(=O)O)C2=O. The second-order valence-corrected chi connectivity index (χ2v) is 5.12. The molecule has 1 aliphatic rings. The maximum Gasteiger partial charge on any atom is 0.306 e. The van der Waals surface area contributed by atoms with Crippen molar-refractivity contribution >= 4 is 11.8 Å². The predicted octanol–water partition coefficient (Wildman–Crippen LogP) is 2.47. The van der Waals surface area contributed by atoms with E-state index >= 15 is 0 Å². The molecule has 0 radical (unpaired) electrons. The molecule has 0 bridgehead atoms. The minimum Gasteiger partial charge on any atom is -0.496 e. The zero-order chi connectivity index (χ0) is 14.2. The molecule has 0 aliphatic heterocycles. The number of ether oxygens (including phenoxy) is 1. The molecule has 0 saturated carbocycles. The molecule has 1 aromatic rings. The van der Waals surface area contributed by atoms with E-state index in [0.717, 1.165) is 17.5 Å². The van der Waals surface area contributed by atoms with E-state index in [2.05, 4.69) is 0 Å². The van der Waals surface area contributed by atoms with Gasteiger partial charge in [0.05, 0.1) is 13.0 Å². The number of carbonyl (C=O) groups excluding carboxylic acids is 1. The monoisotopic (exact) mass is 262 g/mol. The minimum absolute atomic E-state index is 0.0746. The third-order valence-electron chi connectivity index (χ3n) is 3.94. The van der Waals surface area contributed by atoms with Gasteiger partial charge in [-0.1, -0.05) is 13.0 Å². The van der Waals surface area contributed by atoms with E-state index in [4.69, 9.17) is 9.84 Å². The Labute approximate surface area is 112 Å². The summed E-state index contributed by atoms with van der Waals surface area (Å²) in [6, 6.07) is 3.71. The number of carbonyl (C=O) groups is 2. The Morgan fingerprint density at radius 3 is 2.74 bits per heavy atom. The highest BCUT2D eigenvalue weighted by Gasteiger charge is 2.35. The van der Waals surface area contributed by atoms with Gasteiger partial charge in [-0.15, -0.1) is 0 Å². The van der Waals surface area contributed by atoms with Crippen molar-refractivity contribution in [1.29, 1.82) is 0 Å². The van der Waals surface area contributed by atoms with Gasteiger partial charge in [-0.2, -0.15) is 0 Å². The van der Waals surface area contributed by atoms with Crippen molar-refractivity contribution in [2.24, 2.45) is 11.8 Å². The van der Waals surface area contributed by atoms with Crippen molar-refractivity contribution in [3.63, 3.8) is 0 Å². The Hall–Kier alpha value is -1.84. The van der Waals surface area contributed by atoms with Gasteiger partial charge in [0.1, 0.15) is 5.75 Å². The fourth-order valence-electron chi connectivity index (χ4n) is 2.69. The van der Waals surface area contributed by atoms with Gasteiger partial charge in [-0.05, 0) is 37.0 Å². The van der Waals surface area contributed by atoms with Crippen LogP contribution < -0.4 is 4.74 Å². The lowest BCUT2D eigenvalue weighted by Gasteiger charge is -2.26. The molecule has 4 heteroatoms. The number of rotatable bonds is 3. The van der Waals surface area contributed by atoms with Gasteiger partial charge in [-0.3, -0.25) is 9.59 Å². The minimum atomic E-state index is -0.916. The lowest BCUT2D eigenvalue weighted by atomic mass is 9.76. The molecule has 0 amide bonds. The number of carboxylic acids is 1. The topological polar surface area (TPSA) is 63.6 Å². The number of carboxylic acid groups (broad SMARTS) is 1. The highest BCUT2D eigenvalue weighted by molar-refractivity contribution is 6.02. The van der Waals surface area contributed by atoms with Crippen LogP contribution in [0.25, 0.3) is 0 Å². The van der Waals surface area contributed by atoms with E-state index in [0.29, 0.717) is 17.7 Å². The fourth-order valence-corrected chi connectivity index (χ4v) is 2.69. The second kappa shape index (κ2) is 5.03. The fraction of sp³-hybridized carbons (Fsp3) is 0.467. The normalized spacial score (nSPS) is 19.7. The van der Waals surface area contributed by atoms with Gasteiger partial charge >= 0.3 is 5.97 Å². The van der Waals surface area contributed by atoms with E-state index in [9.17, 15) is 9.59 Å². The van der Waals surface area contributed by atoms with Gasteiger partial charge in [0.2, 0.25) is 0 Å². The maximum atomic E-state index is 12.4. The number of hydrogen-bond donors (Lipinski definition) is 1. The van der Waals surface area contributed by atoms with E-state index in [1.807, 2.05) is 13.0 Å². The van der Waals surface area contributed by atoms with Crippen molar-refractivity contribution < 1.29 is 19.4 Å². The van der Waals surface area contributed by atoms with Crippen LogP contribution in [-0.2, 0) is 11.2 Å². The summed E-state index contributed by atoms with van der Waals surface area (Å²) < 4.78 is 5.23. The Balaban J connectivity index is 2.40. The molecule has 2 unspecified atom stereocenters. The molecule has 2 atom stereocenters. The lowest BCUT2D eigenvalue weighted by Crippen LogP contribution is -2.32. The summed E-state index contributed by atoms with van der Waals surface area (Å²) in [6.07, 6.45) is 1.35. The third kappa shape index (κ3) is 2.35. The Bertz CT molecular complexity index is 533. The Kier molecular flexibility index (Phi) is 3.60. The van der Waals surface area contributed by atoms with Crippen molar-refractivity contribution in [1.82, 2.24) is 0 Å². The highest BCUT2D eigenvalue weighted by atomic mass is 16.5. The van der Waals surface area contributed by atoms with Crippen molar-refractivity contribution in [3.05, 3.63) is 28.8 Å². The molecule has 19 heavy (non-hydrogen) atoms. The number of fused-ring (bicyclic) bond motifs is 1. The van der Waals surface area contributed by atoms with E-state index in [1.54, 1.807) is 20.1 Å². The standard InChI is InChI=1S/C15H18O4/c1-8-6-10-4-5-11(9(2)15(17)18)14(16)12(10)7-13(8)19-3/h6-7,9,11H,4-5H2,1-3H3,(H,17,18). The molecule has 102 valence electrons. The summed E-state index contributed by atoms with van der Waals surface area (Å²) in [7, 11) is 1.57. The number of methoxy groups -OCH3 is 1. The summed E-state index contributed by atoms with van der Waals surface area (Å²) in [5.74, 6) is -1.39. The molecule has 1 aromatic carbocycles. The molecule has 1 aliphatic carbocycles. The zero-order valence-corrected chi connectivity index (χ0v) is 11.4. The smallest absolute Gasteiger partial charge is 0.306 e. The summed E-state index contributed by atoms with van der Waals surface area (Å²) in [5, 5.41) is 9.07. The molecule has 2 rings (SSSR count). The van der Waals surface area contributed by atoms with Crippen LogP contribution in [0.3, 0.4) is 0 Å². The molecule has 0 spiro atoms. The first-order valence-electron chi connectivity index (χ1n) is 6.40. The molecule has 1 N–H and O–H groups in total. The number of ketones is 1. The van der Waals surface area contributed by atoms with Gasteiger partial charge < -0.3 is 9.84 Å². The first-order chi connectivity index (χ1) is 8.95. The van der Waals surface area contributed by atoms with E-state index in [1.165, 1.54) is 0 Å². The number of benzene rings is 1. The predicted molar refractivity (Wildman–Crippen MR) is 70.7 cm³/mol. The Morgan fingerprint density at radius 1 is 1.47 bits per heavy atom. The molecular formula is C15H18O4. The van der Waals surface area contributed by atoms with Crippen molar-refractivity contribution in [2.45, 2.75) is 26.7 Å². The number of aliphatic carboxylic acids is 1. The quantitative estimate of drug-likeness (QED) is 0.908. The highest BCUT2D eigenvalue weighted by Crippen LogP contribution is 2.34.